The van der Waals surface area contributed by atoms with Crippen LogP contribution in [0.4, 0.5) is 10.1 Å². The molecule has 2 aromatic carbocycles. The van der Waals surface area contributed by atoms with Gasteiger partial charge < -0.3 is 15.6 Å². The van der Waals surface area contributed by atoms with Crippen LogP contribution in [0.1, 0.15) is 16.7 Å². The van der Waals surface area contributed by atoms with Gasteiger partial charge in [0.2, 0.25) is 0 Å². The van der Waals surface area contributed by atoms with Crippen LogP contribution in [0, 0.1) is 19.7 Å². The largest absolute Gasteiger partial charge is 0.362 e. The fourth-order valence-corrected chi connectivity index (χ4v) is 3.05. The number of fused-ring (bicyclic) bond motifs is 1. The van der Waals surface area contributed by atoms with E-state index < -0.39 is 0 Å². The zero-order valence-corrected chi connectivity index (χ0v) is 14.6. The van der Waals surface area contributed by atoms with E-state index in [4.69, 9.17) is 12.2 Å². The highest BCUT2D eigenvalue weighted by atomic mass is 32.1. The van der Waals surface area contributed by atoms with Gasteiger partial charge in [0, 0.05) is 29.3 Å². The lowest BCUT2D eigenvalue weighted by Gasteiger charge is -2.14. The SMILES string of the molecule is Cc1cccc(C)c1NC(=S)NCCc1c[nH]c2cc(F)ccc12. The molecule has 0 atom stereocenters. The summed E-state index contributed by atoms with van der Waals surface area (Å²) in [6.07, 6.45) is 2.73. The van der Waals surface area contributed by atoms with Gasteiger partial charge in [0.15, 0.2) is 5.11 Å². The highest BCUT2D eigenvalue weighted by Crippen LogP contribution is 2.20. The zero-order valence-electron chi connectivity index (χ0n) is 13.7. The quantitative estimate of drug-likeness (QED) is 0.614. The van der Waals surface area contributed by atoms with Gasteiger partial charge in [-0.05, 0) is 67.4 Å². The number of H-pyrrole nitrogens is 1. The Hall–Kier alpha value is -2.40. The Morgan fingerprint density at radius 2 is 1.92 bits per heavy atom. The van der Waals surface area contributed by atoms with Crippen LogP contribution in [-0.2, 0) is 6.42 Å². The molecule has 1 aromatic heterocycles. The van der Waals surface area contributed by atoms with Gasteiger partial charge in [-0.1, -0.05) is 18.2 Å². The molecule has 3 rings (SSSR count). The van der Waals surface area contributed by atoms with Gasteiger partial charge in [-0.3, -0.25) is 0 Å². The van der Waals surface area contributed by atoms with Crippen LogP contribution < -0.4 is 10.6 Å². The molecule has 0 spiro atoms. The maximum Gasteiger partial charge on any atom is 0.170 e. The van der Waals surface area contributed by atoms with Gasteiger partial charge in [-0.25, -0.2) is 4.39 Å². The van der Waals surface area contributed by atoms with Crippen molar-refractivity contribution in [3.05, 3.63) is 65.1 Å². The second-order valence-corrected chi connectivity index (χ2v) is 6.31. The summed E-state index contributed by atoms with van der Waals surface area (Å²) in [6, 6.07) is 11.0. The van der Waals surface area contributed by atoms with E-state index in [0.29, 0.717) is 11.7 Å². The minimum absolute atomic E-state index is 0.229. The maximum absolute atomic E-state index is 13.2. The molecule has 0 amide bonds. The molecule has 0 saturated heterocycles. The summed E-state index contributed by atoms with van der Waals surface area (Å²) in [5, 5.41) is 8.16. The fourth-order valence-electron chi connectivity index (χ4n) is 2.85. The van der Waals surface area contributed by atoms with E-state index in [2.05, 4.69) is 41.6 Å². The summed E-state index contributed by atoms with van der Waals surface area (Å²) in [6.45, 7) is 4.83. The topological polar surface area (TPSA) is 39.8 Å². The van der Waals surface area contributed by atoms with E-state index in [9.17, 15) is 4.39 Å². The third-order valence-electron chi connectivity index (χ3n) is 4.13. The first kappa shape index (κ1) is 16.5. The van der Waals surface area contributed by atoms with E-state index in [0.717, 1.165) is 39.7 Å². The summed E-state index contributed by atoms with van der Waals surface area (Å²) in [5.41, 5.74) is 5.35. The highest BCUT2D eigenvalue weighted by Gasteiger charge is 2.06. The van der Waals surface area contributed by atoms with Crippen molar-refractivity contribution in [2.24, 2.45) is 0 Å². The second-order valence-electron chi connectivity index (χ2n) is 5.90. The first-order valence-electron chi connectivity index (χ1n) is 7.91. The second kappa shape index (κ2) is 7.01. The number of halogens is 1. The van der Waals surface area contributed by atoms with E-state index >= 15 is 0 Å². The summed E-state index contributed by atoms with van der Waals surface area (Å²) >= 11 is 5.38. The molecular weight excluding hydrogens is 321 g/mol. The summed E-state index contributed by atoms with van der Waals surface area (Å²) in [7, 11) is 0. The molecule has 1 heterocycles. The van der Waals surface area contributed by atoms with Crippen molar-refractivity contribution in [2.45, 2.75) is 20.3 Å². The number of aromatic nitrogens is 1. The maximum atomic E-state index is 13.2. The molecule has 0 saturated carbocycles. The Kier molecular flexibility index (Phi) is 4.81. The standard InChI is InChI=1S/C19H20FN3S/c1-12-4-3-5-13(2)18(12)23-19(24)21-9-8-14-11-22-17-10-15(20)6-7-16(14)17/h3-7,10-11,22H,8-9H2,1-2H3,(H2,21,23,24). The number of hydrogen-bond donors (Lipinski definition) is 3. The van der Waals surface area contributed by atoms with Gasteiger partial charge in [0.25, 0.3) is 0 Å². The highest BCUT2D eigenvalue weighted by molar-refractivity contribution is 7.80. The summed E-state index contributed by atoms with van der Waals surface area (Å²) in [4.78, 5) is 3.11. The van der Waals surface area contributed by atoms with Crippen molar-refractivity contribution in [1.82, 2.24) is 10.3 Å². The van der Waals surface area contributed by atoms with Crippen LogP contribution in [0.2, 0.25) is 0 Å². The monoisotopic (exact) mass is 341 g/mol. The molecule has 0 aliphatic rings. The minimum atomic E-state index is -0.229. The van der Waals surface area contributed by atoms with Crippen LogP contribution >= 0.6 is 12.2 Å². The molecule has 24 heavy (non-hydrogen) atoms. The average Bonchev–Trinajstić information content (AvgIpc) is 2.93. The van der Waals surface area contributed by atoms with E-state index in [1.807, 2.05) is 18.3 Å². The zero-order chi connectivity index (χ0) is 17.1. The number of aromatic amines is 1. The number of para-hydroxylation sites is 1. The lowest BCUT2D eigenvalue weighted by atomic mass is 10.1. The van der Waals surface area contributed by atoms with Gasteiger partial charge in [0.1, 0.15) is 5.82 Å². The van der Waals surface area contributed by atoms with Crippen LogP contribution in [-0.4, -0.2) is 16.6 Å². The molecule has 0 unspecified atom stereocenters. The van der Waals surface area contributed by atoms with Crippen molar-refractivity contribution in [3.8, 4) is 0 Å². The third kappa shape index (κ3) is 3.57. The van der Waals surface area contributed by atoms with Gasteiger partial charge in [-0.15, -0.1) is 0 Å². The van der Waals surface area contributed by atoms with Crippen LogP contribution in [0.5, 0.6) is 0 Å². The molecule has 0 aliphatic carbocycles. The number of aryl methyl sites for hydroxylation is 2. The molecule has 124 valence electrons. The van der Waals surface area contributed by atoms with Crippen molar-refractivity contribution < 1.29 is 4.39 Å². The molecule has 3 nitrogen and oxygen atoms in total. The molecule has 3 aromatic rings. The number of anilines is 1. The fraction of sp³-hybridized carbons (Fsp3) is 0.211. The number of hydrogen-bond acceptors (Lipinski definition) is 1. The molecular formula is C19H20FN3S. The van der Waals surface area contributed by atoms with Gasteiger partial charge >= 0.3 is 0 Å². The van der Waals surface area contributed by atoms with Crippen molar-refractivity contribution in [2.75, 3.05) is 11.9 Å². The summed E-state index contributed by atoms with van der Waals surface area (Å²) < 4.78 is 13.2. The Morgan fingerprint density at radius 3 is 2.67 bits per heavy atom. The molecule has 3 N–H and O–H groups in total. The predicted molar refractivity (Wildman–Crippen MR) is 102 cm³/mol. The first-order chi connectivity index (χ1) is 11.5. The average molecular weight is 341 g/mol. The third-order valence-corrected chi connectivity index (χ3v) is 4.38. The van der Waals surface area contributed by atoms with E-state index in [-0.39, 0.29) is 5.82 Å². The Labute approximate surface area is 146 Å². The number of rotatable bonds is 4. The smallest absolute Gasteiger partial charge is 0.170 e. The lowest BCUT2D eigenvalue weighted by molar-refractivity contribution is 0.629. The molecule has 0 bridgehead atoms. The van der Waals surface area contributed by atoms with Crippen molar-refractivity contribution >= 4 is 33.9 Å². The van der Waals surface area contributed by atoms with Crippen LogP contribution in [0.25, 0.3) is 10.9 Å². The predicted octanol–water partition coefficient (Wildman–Crippen LogP) is 4.45. The van der Waals surface area contributed by atoms with E-state index in [1.54, 1.807) is 0 Å². The minimum Gasteiger partial charge on any atom is -0.362 e. The van der Waals surface area contributed by atoms with Crippen molar-refractivity contribution in [3.63, 3.8) is 0 Å². The van der Waals surface area contributed by atoms with E-state index in [1.165, 1.54) is 12.1 Å². The number of thiocarbonyl (C=S) groups is 1. The number of nitrogens with one attached hydrogen (secondary N) is 3. The Bertz CT molecular complexity index is 865. The van der Waals surface area contributed by atoms with Gasteiger partial charge in [0.05, 0.1) is 0 Å². The Morgan fingerprint density at radius 1 is 1.17 bits per heavy atom. The van der Waals surface area contributed by atoms with Crippen molar-refractivity contribution in [1.29, 1.82) is 0 Å². The lowest BCUT2D eigenvalue weighted by Crippen LogP contribution is -2.30. The molecule has 5 heteroatoms. The molecule has 0 radical (unpaired) electrons. The number of benzene rings is 2. The van der Waals surface area contributed by atoms with Gasteiger partial charge in [-0.2, -0.15) is 0 Å². The normalized spacial score (nSPS) is 10.8. The van der Waals surface area contributed by atoms with Crippen LogP contribution in [0.3, 0.4) is 0 Å². The summed E-state index contributed by atoms with van der Waals surface area (Å²) in [5.74, 6) is -0.229. The van der Waals surface area contributed by atoms with Crippen LogP contribution in [0.15, 0.2) is 42.6 Å². The first-order valence-corrected chi connectivity index (χ1v) is 8.32. The molecule has 0 aliphatic heterocycles. The Balaban J connectivity index is 1.58. The molecule has 0 fully saturated rings.